The minimum atomic E-state index is -1.45. The molecule has 712 valence electrons. The fraction of sp³-hybridized carbons (Fsp3) is 0.314. The number of nitrogens with two attached hydrogens (primary N) is 2. The van der Waals surface area contributed by atoms with Crippen molar-refractivity contribution in [2.45, 2.75) is 163 Å². The maximum atomic E-state index is 15.4. The molecule has 0 spiro atoms. The molecule has 2 atom stereocenters. The third-order valence-electron chi connectivity index (χ3n) is 24.8. The molecule has 2 unspecified atom stereocenters. The number of hydrogen-bond acceptors (Lipinski definition) is 29. The number of aromatic hydroxyl groups is 2. The fourth-order valence-electron chi connectivity index (χ4n) is 17.2. The van der Waals surface area contributed by atoms with E-state index < -0.39 is 83.3 Å². The van der Waals surface area contributed by atoms with Crippen LogP contribution in [0.25, 0.3) is 22.3 Å². The van der Waals surface area contributed by atoms with E-state index in [1.165, 1.54) is 109 Å². The Labute approximate surface area is 778 Å². The molecule has 0 fully saturated rings. The molecule has 0 saturated carbocycles. The van der Waals surface area contributed by atoms with Gasteiger partial charge in [-0.1, -0.05) is 12.1 Å². The summed E-state index contributed by atoms with van der Waals surface area (Å²) in [6.45, 7) is 30.9. The first-order valence-electron chi connectivity index (χ1n) is 42.0. The SMILES string of the molecule is COc1c(C)c(OC(=O)c2c(C)c(C)c(OC(=O)c3c(C)cc(OC(=O)c4c(C)c(-c5cc(CC(N)C(=O)O)ccc5Oc5ccc(CC(N)C(=O)O)cc5-c5c(C)c(C(=O)Oc6cc(C)c(C(=O)Oc7c(C)c(C)c(C(=O)Oc8c(C)c(C)c(C(=O)O)c(OC)c8C)c(OC)c7C)c(O)c6C)c(OC)c(C)c5OC)c(OC)c(C)c4OC)c(C)c3O)c(C)c2OC)c(C)c(C)c1C(=O)O. The first-order chi connectivity index (χ1) is 63.4. The lowest BCUT2D eigenvalue weighted by Crippen LogP contribution is -2.32. The summed E-state index contributed by atoms with van der Waals surface area (Å²) in [5.41, 5.74) is 16.4. The Morgan fingerprint density at radius 2 is 0.489 bits per heavy atom. The van der Waals surface area contributed by atoms with Crippen molar-refractivity contribution >= 4 is 59.7 Å². The first kappa shape index (κ1) is 102. The number of esters is 6. The van der Waals surface area contributed by atoms with Gasteiger partial charge in [-0.25, -0.2) is 38.4 Å². The van der Waals surface area contributed by atoms with Gasteiger partial charge >= 0.3 is 59.7 Å². The average Bonchev–Trinajstić information content (AvgIpc) is 0.736. The molecule has 33 nitrogen and oxygen atoms in total. The number of aromatic carboxylic acids is 2. The summed E-state index contributed by atoms with van der Waals surface area (Å²) in [7, 11) is 10.5. The van der Waals surface area contributed by atoms with Crippen LogP contribution in [0.1, 0.15) is 205 Å². The number of carboxylic acid groups (broad SMARTS) is 4. The maximum absolute atomic E-state index is 15.4. The van der Waals surface area contributed by atoms with Crippen LogP contribution < -0.4 is 82.5 Å². The van der Waals surface area contributed by atoms with Gasteiger partial charge in [0, 0.05) is 66.8 Å². The van der Waals surface area contributed by atoms with E-state index in [0.29, 0.717) is 44.5 Å². The van der Waals surface area contributed by atoms with Crippen LogP contribution in [0, 0.1) is 138 Å². The third-order valence-corrected chi connectivity index (χ3v) is 24.8. The van der Waals surface area contributed by atoms with E-state index in [2.05, 4.69) is 0 Å². The first-order valence-corrected chi connectivity index (χ1v) is 42.0. The average molecular weight is 1860 g/mol. The Morgan fingerprint density at radius 1 is 0.259 bits per heavy atom. The van der Waals surface area contributed by atoms with E-state index in [9.17, 15) is 69.0 Å². The summed E-state index contributed by atoms with van der Waals surface area (Å²) < 4.78 is 90.8. The van der Waals surface area contributed by atoms with Crippen molar-refractivity contribution in [2.75, 3.05) is 56.9 Å². The Bertz CT molecular complexity index is 6310. The number of carbonyl (C=O) groups is 10. The highest BCUT2D eigenvalue weighted by Gasteiger charge is 2.39. The number of carboxylic acids is 4. The molecule has 0 heterocycles. The van der Waals surface area contributed by atoms with Gasteiger partial charge < -0.3 is 113 Å². The van der Waals surface area contributed by atoms with E-state index in [4.69, 9.17) is 82.5 Å². The minimum Gasteiger partial charge on any atom is -0.507 e. The van der Waals surface area contributed by atoms with Gasteiger partial charge in [0.05, 0.1) is 56.9 Å². The van der Waals surface area contributed by atoms with Gasteiger partial charge in [-0.05, 0) is 266 Å². The minimum absolute atomic E-state index is 0.00101. The molecular formula is C102H108N2O31. The van der Waals surface area contributed by atoms with Crippen molar-refractivity contribution in [3.05, 3.63) is 215 Å². The molecule has 0 aliphatic heterocycles. The molecule has 0 amide bonds. The van der Waals surface area contributed by atoms with E-state index in [0.717, 1.165) is 0 Å². The number of rotatable bonds is 32. The summed E-state index contributed by atoms with van der Waals surface area (Å²) in [6.07, 6.45) is -0.521. The summed E-state index contributed by atoms with van der Waals surface area (Å²) in [6, 6.07) is 9.07. The smallest absolute Gasteiger partial charge is 0.347 e. The zero-order chi connectivity index (χ0) is 101. The number of methoxy groups -OCH3 is 8. The molecule has 0 aliphatic rings. The second kappa shape index (κ2) is 40.4. The highest BCUT2D eigenvalue weighted by molar-refractivity contribution is 6.06. The van der Waals surface area contributed by atoms with E-state index in [1.807, 2.05) is 0 Å². The van der Waals surface area contributed by atoms with Gasteiger partial charge in [-0.3, -0.25) is 9.59 Å². The lowest BCUT2D eigenvalue weighted by atomic mass is 9.89. The van der Waals surface area contributed by atoms with Gasteiger partial charge in [0.2, 0.25) is 0 Å². The number of ether oxygens (including phenoxy) is 15. The number of aryl methyl sites for hydroxylation is 2. The molecule has 0 aliphatic carbocycles. The number of phenols is 2. The zero-order valence-corrected chi connectivity index (χ0v) is 80.2. The topological polar surface area (TPSA) is 483 Å². The second-order valence-corrected chi connectivity index (χ2v) is 32.7. The van der Waals surface area contributed by atoms with Crippen molar-refractivity contribution in [1.29, 1.82) is 0 Å². The largest absolute Gasteiger partial charge is 0.507 e. The number of hydrogen-bond donors (Lipinski definition) is 8. The van der Waals surface area contributed by atoms with Gasteiger partial charge in [0.1, 0.15) is 160 Å². The van der Waals surface area contributed by atoms with E-state index in [1.54, 1.807) is 135 Å². The van der Waals surface area contributed by atoms with Crippen molar-refractivity contribution in [3.8, 4) is 126 Å². The molecule has 0 aromatic heterocycles. The van der Waals surface area contributed by atoms with Gasteiger partial charge in [-0.2, -0.15) is 0 Å². The van der Waals surface area contributed by atoms with Crippen molar-refractivity contribution in [2.24, 2.45) is 11.5 Å². The van der Waals surface area contributed by atoms with Gasteiger partial charge in [0.25, 0.3) is 0 Å². The van der Waals surface area contributed by atoms with Crippen LogP contribution in [0.5, 0.6) is 103 Å². The van der Waals surface area contributed by atoms with Crippen LogP contribution >= 0.6 is 0 Å². The molecule has 0 radical (unpaired) electrons. The summed E-state index contributed by atoms with van der Waals surface area (Å²) in [5, 5.41) is 64.7. The summed E-state index contributed by atoms with van der Waals surface area (Å²) in [4.78, 5) is 138. The molecule has 10 rings (SSSR count). The highest BCUT2D eigenvalue weighted by Crippen LogP contribution is 2.54. The fourth-order valence-corrected chi connectivity index (χ4v) is 17.2. The third kappa shape index (κ3) is 18.6. The summed E-state index contributed by atoms with van der Waals surface area (Å²) in [5.74, 6) is -12.8. The van der Waals surface area contributed by atoms with Crippen LogP contribution in [0.3, 0.4) is 0 Å². The quantitative estimate of drug-likeness (QED) is 0.0143. The van der Waals surface area contributed by atoms with E-state index in [-0.39, 0.29) is 249 Å². The van der Waals surface area contributed by atoms with Crippen LogP contribution in [0.15, 0.2) is 48.5 Å². The number of phenolic OH excluding ortho intramolecular Hbond substituents is 2. The standard InChI is InChI=1S/C102H108N2O31/c1-39-33-67(49(11)79(105)69(39)97(115)132-83-47(9)43(5)75(89(125-25)55(83)17)101(119)134-81-45(7)41(3)73(95(111)112)87(123-23)53(81)15)130-99(117)77-51(13)71(85(121-21)57(19)91(77)127-27)61-35-59(37-63(103)93(107)108)29-31-65(61)129-66-32-30-60(38-64(104)94(109)110)36-62(66)72-52(14)78(92(128-28)58(20)86(72)122-22)100(118)131-68-34-40(2)70(80(106)50(68)12)98(116)133-84-48(10)44(6)76(90(126-26)56(84)18)102(120)135-82-46(8)42(4)74(96(113)114)88(124-24)54(82)16/h29-36,63-64,105-106H,37-38,103-104H2,1-28H3,(H,107,108)(H,109,110)(H,111,112)(H,113,114). The van der Waals surface area contributed by atoms with E-state index >= 15 is 9.59 Å². The zero-order valence-electron chi connectivity index (χ0n) is 80.2. The van der Waals surface area contributed by atoms with Crippen LogP contribution in [-0.4, -0.2) is 159 Å². The molecular weight excluding hydrogens is 1750 g/mol. The Hall–Kier alpha value is -15.4. The Kier molecular flexibility index (Phi) is 30.4. The predicted octanol–water partition coefficient (Wildman–Crippen LogP) is 17.1. The van der Waals surface area contributed by atoms with Crippen LogP contribution in [-0.2, 0) is 22.4 Å². The van der Waals surface area contributed by atoms with Crippen molar-refractivity contribution in [1.82, 2.24) is 0 Å². The number of aliphatic carboxylic acids is 2. The maximum Gasteiger partial charge on any atom is 0.347 e. The molecule has 10 N–H and O–H groups in total. The predicted molar refractivity (Wildman–Crippen MR) is 495 cm³/mol. The lowest BCUT2D eigenvalue weighted by Gasteiger charge is -2.25. The van der Waals surface area contributed by atoms with Gasteiger partial charge in [-0.15, -0.1) is 0 Å². The number of carbonyl (C=O) groups excluding carboxylic acids is 6. The van der Waals surface area contributed by atoms with Crippen LogP contribution in [0.4, 0.5) is 0 Å². The molecule has 135 heavy (non-hydrogen) atoms. The highest BCUT2D eigenvalue weighted by atomic mass is 16.6. The second-order valence-electron chi connectivity index (χ2n) is 32.7. The summed E-state index contributed by atoms with van der Waals surface area (Å²) >= 11 is 0. The normalized spacial score (nSPS) is 11.5. The number of benzene rings is 10. The molecule has 10 aromatic rings. The van der Waals surface area contributed by atoms with Crippen molar-refractivity contribution in [3.63, 3.8) is 0 Å². The monoisotopic (exact) mass is 1860 g/mol. The van der Waals surface area contributed by atoms with Crippen molar-refractivity contribution < 1.29 is 150 Å². The lowest BCUT2D eigenvalue weighted by molar-refractivity contribution is -0.139. The van der Waals surface area contributed by atoms with Gasteiger partial charge in [0.15, 0.2) is 0 Å². The molecule has 33 heteroatoms. The van der Waals surface area contributed by atoms with Crippen LogP contribution in [0.2, 0.25) is 0 Å². The molecule has 0 saturated heterocycles. The molecule has 0 bridgehead atoms. The Morgan fingerprint density at radius 3 is 0.741 bits per heavy atom. The Balaban J connectivity index is 1.02. The molecule has 10 aromatic carbocycles.